The van der Waals surface area contributed by atoms with E-state index >= 15 is 0 Å². The van der Waals surface area contributed by atoms with Crippen molar-refractivity contribution in [1.29, 1.82) is 0 Å². The fourth-order valence-corrected chi connectivity index (χ4v) is 0.735. The zero-order valence-electron chi connectivity index (χ0n) is 5.68. The first-order chi connectivity index (χ1) is 4.34. The first-order valence-electron chi connectivity index (χ1n) is 3.03. The third-order valence-corrected chi connectivity index (χ3v) is 1.29. The van der Waals surface area contributed by atoms with Gasteiger partial charge in [0, 0.05) is 11.9 Å². The van der Waals surface area contributed by atoms with E-state index < -0.39 is 0 Å². The molecule has 0 bridgehead atoms. The van der Waals surface area contributed by atoms with Crippen molar-refractivity contribution in [2.24, 2.45) is 0 Å². The zero-order valence-corrected chi connectivity index (χ0v) is 5.68. The Morgan fingerprint density at radius 3 is 2.89 bits per heavy atom. The lowest BCUT2D eigenvalue weighted by atomic mass is 10.2. The number of hydrogen-bond acceptors (Lipinski definition) is 2. The van der Waals surface area contributed by atoms with Crippen LogP contribution in [0.15, 0.2) is 6.20 Å². The molecule has 0 saturated carbocycles. The van der Waals surface area contributed by atoms with Gasteiger partial charge in [0.05, 0.1) is 0 Å². The van der Waals surface area contributed by atoms with Crippen LogP contribution in [0.2, 0.25) is 0 Å². The summed E-state index contributed by atoms with van der Waals surface area (Å²) in [6.45, 7) is 4.08. The highest BCUT2D eigenvalue weighted by Crippen LogP contribution is 1.99. The molecule has 2 nitrogen and oxygen atoms in total. The van der Waals surface area contributed by atoms with Gasteiger partial charge in [0.1, 0.15) is 0 Å². The van der Waals surface area contributed by atoms with Gasteiger partial charge < -0.3 is 0 Å². The molecule has 0 N–H and O–H groups in total. The molecule has 0 atom stereocenters. The van der Waals surface area contributed by atoms with Gasteiger partial charge >= 0.3 is 0 Å². The maximum absolute atomic E-state index is 3.96. The van der Waals surface area contributed by atoms with Crippen LogP contribution < -0.4 is 0 Å². The Hall–Kier alpha value is -0.920. The molecule has 0 aromatic carbocycles. The summed E-state index contributed by atoms with van der Waals surface area (Å²) in [5.41, 5.74) is 2.24. The highest BCUT2D eigenvalue weighted by atomic mass is 14.8. The smallest absolute Gasteiger partial charge is 0.197 e. The monoisotopic (exact) mass is 121 g/mol. The molecule has 1 rings (SSSR count). The van der Waals surface area contributed by atoms with Crippen molar-refractivity contribution in [2.45, 2.75) is 20.3 Å². The molecular weight excluding hydrogens is 112 g/mol. The minimum absolute atomic E-state index is 0.963. The van der Waals surface area contributed by atoms with Crippen LogP contribution in [0.5, 0.6) is 0 Å². The van der Waals surface area contributed by atoms with Crippen molar-refractivity contribution in [1.82, 2.24) is 9.97 Å². The van der Waals surface area contributed by atoms with Crippen molar-refractivity contribution in [2.75, 3.05) is 0 Å². The zero-order chi connectivity index (χ0) is 6.69. The van der Waals surface area contributed by atoms with E-state index in [2.05, 4.69) is 23.2 Å². The van der Waals surface area contributed by atoms with Crippen LogP contribution >= 0.6 is 0 Å². The van der Waals surface area contributed by atoms with E-state index in [-0.39, 0.29) is 0 Å². The molecule has 47 valence electrons. The van der Waals surface area contributed by atoms with E-state index in [1.807, 2.05) is 6.92 Å². The van der Waals surface area contributed by atoms with Gasteiger partial charge in [-0.1, -0.05) is 6.92 Å². The normalized spacial score (nSPS) is 9.56. The van der Waals surface area contributed by atoms with Crippen molar-refractivity contribution >= 4 is 0 Å². The average molecular weight is 121 g/mol. The summed E-state index contributed by atoms with van der Waals surface area (Å²) in [6, 6.07) is 0. The van der Waals surface area contributed by atoms with Crippen LogP contribution in [-0.2, 0) is 6.42 Å². The summed E-state index contributed by atoms with van der Waals surface area (Å²) in [4.78, 5) is 7.72. The summed E-state index contributed by atoms with van der Waals surface area (Å²) < 4.78 is 0. The standard InChI is InChI=1S/C7H9N2/c1-3-7-6(2)4-8-5-9-7/h4H,3H2,1-2H3. The van der Waals surface area contributed by atoms with Gasteiger partial charge in [0.15, 0.2) is 6.33 Å². The number of hydrogen-bond donors (Lipinski definition) is 0. The lowest BCUT2D eigenvalue weighted by Crippen LogP contribution is -1.91. The molecule has 2 heteroatoms. The van der Waals surface area contributed by atoms with Gasteiger partial charge in [-0.2, -0.15) is 0 Å². The van der Waals surface area contributed by atoms with Crippen LogP contribution in [0, 0.1) is 13.3 Å². The van der Waals surface area contributed by atoms with E-state index in [1.54, 1.807) is 6.20 Å². The second-order valence-corrected chi connectivity index (χ2v) is 1.95. The van der Waals surface area contributed by atoms with Gasteiger partial charge in [0.25, 0.3) is 0 Å². The Bertz CT molecular complexity index is 196. The third kappa shape index (κ3) is 1.25. The summed E-state index contributed by atoms with van der Waals surface area (Å²) in [6.07, 6.45) is 5.30. The van der Waals surface area contributed by atoms with E-state index in [9.17, 15) is 0 Å². The SMILES string of the molecule is CCc1n[c]ncc1C. The van der Waals surface area contributed by atoms with E-state index in [1.165, 1.54) is 0 Å². The van der Waals surface area contributed by atoms with Gasteiger partial charge in [-0.15, -0.1) is 0 Å². The third-order valence-electron chi connectivity index (χ3n) is 1.29. The van der Waals surface area contributed by atoms with Crippen molar-refractivity contribution in [3.63, 3.8) is 0 Å². The molecule has 0 unspecified atom stereocenters. The maximum Gasteiger partial charge on any atom is 0.197 e. The average Bonchev–Trinajstić information content (AvgIpc) is 1.89. The molecule has 1 radical (unpaired) electrons. The maximum atomic E-state index is 3.96. The molecule has 1 heterocycles. The number of aromatic nitrogens is 2. The molecule has 0 aliphatic rings. The predicted octanol–water partition coefficient (Wildman–Crippen LogP) is 1.15. The Morgan fingerprint density at radius 1 is 1.67 bits per heavy atom. The number of rotatable bonds is 1. The van der Waals surface area contributed by atoms with E-state index in [0.29, 0.717) is 0 Å². The van der Waals surface area contributed by atoms with Gasteiger partial charge in [-0.25, -0.2) is 9.97 Å². The lowest BCUT2D eigenvalue weighted by Gasteiger charge is -1.95. The van der Waals surface area contributed by atoms with Gasteiger partial charge in [-0.3, -0.25) is 0 Å². The molecule has 1 aromatic rings. The largest absolute Gasteiger partial charge is 0.234 e. The highest BCUT2D eigenvalue weighted by molar-refractivity contribution is 5.12. The number of nitrogens with zero attached hydrogens (tertiary/aromatic N) is 2. The first kappa shape index (κ1) is 6.20. The summed E-state index contributed by atoms with van der Waals surface area (Å²) in [5.74, 6) is 0. The van der Waals surface area contributed by atoms with Gasteiger partial charge in [0.2, 0.25) is 0 Å². The highest BCUT2D eigenvalue weighted by Gasteiger charge is 1.92. The fourth-order valence-electron chi connectivity index (χ4n) is 0.735. The van der Waals surface area contributed by atoms with E-state index in [4.69, 9.17) is 0 Å². The molecular formula is C7H9N2. The molecule has 0 aliphatic heterocycles. The molecule has 0 fully saturated rings. The molecule has 0 saturated heterocycles. The van der Waals surface area contributed by atoms with Gasteiger partial charge in [-0.05, 0) is 18.9 Å². The van der Waals surface area contributed by atoms with Crippen LogP contribution in [-0.4, -0.2) is 9.97 Å². The molecule has 0 aliphatic carbocycles. The van der Waals surface area contributed by atoms with Crippen LogP contribution in [0.4, 0.5) is 0 Å². The fraction of sp³-hybridized carbons (Fsp3) is 0.429. The van der Waals surface area contributed by atoms with Crippen molar-refractivity contribution in [3.8, 4) is 0 Å². The second-order valence-electron chi connectivity index (χ2n) is 1.95. The van der Waals surface area contributed by atoms with Crippen molar-refractivity contribution in [3.05, 3.63) is 23.8 Å². The van der Waals surface area contributed by atoms with E-state index in [0.717, 1.165) is 17.7 Å². The second kappa shape index (κ2) is 2.58. The molecule has 9 heavy (non-hydrogen) atoms. The quantitative estimate of drug-likeness (QED) is 0.557. The summed E-state index contributed by atoms with van der Waals surface area (Å²) in [7, 11) is 0. The minimum Gasteiger partial charge on any atom is -0.234 e. The molecule has 0 spiro atoms. The number of aryl methyl sites for hydroxylation is 2. The Labute approximate surface area is 55.0 Å². The first-order valence-corrected chi connectivity index (χ1v) is 3.03. The lowest BCUT2D eigenvalue weighted by molar-refractivity contribution is 0.962. The minimum atomic E-state index is 0.963. The predicted molar refractivity (Wildman–Crippen MR) is 35.0 cm³/mol. The molecule has 0 amide bonds. The Balaban J connectivity index is 3.01. The topological polar surface area (TPSA) is 25.8 Å². The van der Waals surface area contributed by atoms with Crippen LogP contribution in [0.3, 0.4) is 0 Å². The summed E-state index contributed by atoms with van der Waals surface area (Å²) in [5, 5.41) is 0. The summed E-state index contributed by atoms with van der Waals surface area (Å²) >= 11 is 0. The van der Waals surface area contributed by atoms with Crippen LogP contribution in [0.25, 0.3) is 0 Å². The van der Waals surface area contributed by atoms with Crippen LogP contribution in [0.1, 0.15) is 18.2 Å². The Morgan fingerprint density at radius 2 is 2.44 bits per heavy atom. The van der Waals surface area contributed by atoms with Crippen molar-refractivity contribution < 1.29 is 0 Å². The Kier molecular flexibility index (Phi) is 1.78. The molecule has 1 aromatic heterocycles.